The standard InChI is InChI=1S/C8H11N.C6H14N2O2.C3H4N2.ClH/c9-7-6-8-4-2-1-3-5-8;7-4-2-1-3-5(8)6(9)10;1-2-5-3-4-1;/h1-5H,6-7,9H2;5H,1-4,7-8H2,(H,9,10);1-3H,(H,4,5);1H/t;5-;;/m.0../s1. The summed E-state index contributed by atoms with van der Waals surface area (Å²) >= 11 is 0. The average molecular weight is 372 g/mol. The zero-order chi connectivity index (χ0) is 18.0. The van der Waals surface area contributed by atoms with Gasteiger partial charge in [-0.25, -0.2) is 4.98 Å². The van der Waals surface area contributed by atoms with Crippen LogP contribution in [-0.2, 0) is 11.2 Å². The molecule has 0 aliphatic carbocycles. The van der Waals surface area contributed by atoms with E-state index < -0.39 is 12.0 Å². The normalized spacial score (nSPS) is 10.2. The molecule has 142 valence electrons. The SMILES string of the molecule is Cl.NCCCC[C@H](N)C(=O)O.NCCc1ccccc1.c1c[nH]cn1. The molecule has 0 saturated carbocycles. The Labute approximate surface area is 155 Å². The average Bonchev–Trinajstić information content (AvgIpc) is 3.16. The van der Waals surface area contributed by atoms with Crippen molar-refractivity contribution in [1.82, 2.24) is 9.97 Å². The summed E-state index contributed by atoms with van der Waals surface area (Å²) < 4.78 is 0. The van der Waals surface area contributed by atoms with Crippen LogP contribution in [-0.4, -0.2) is 40.2 Å². The molecule has 1 aromatic heterocycles. The van der Waals surface area contributed by atoms with Crippen LogP contribution < -0.4 is 17.2 Å². The van der Waals surface area contributed by atoms with E-state index in [-0.39, 0.29) is 12.4 Å². The molecule has 8 N–H and O–H groups in total. The monoisotopic (exact) mass is 371 g/mol. The van der Waals surface area contributed by atoms with Crippen molar-refractivity contribution in [3.8, 4) is 0 Å². The fourth-order valence-corrected chi connectivity index (χ4v) is 1.66. The fraction of sp³-hybridized carbons (Fsp3) is 0.412. The molecule has 0 aliphatic heterocycles. The number of aromatic nitrogens is 2. The summed E-state index contributed by atoms with van der Waals surface area (Å²) in [7, 11) is 0. The third-order valence-corrected chi connectivity index (χ3v) is 2.97. The maximum Gasteiger partial charge on any atom is 0.320 e. The number of benzene rings is 1. The quantitative estimate of drug-likeness (QED) is 0.467. The molecule has 7 nitrogen and oxygen atoms in total. The minimum absolute atomic E-state index is 0. The number of rotatable bonds is 7. The maximum atomic E-state index is 10.1. The Morgan fingerprint density at radius 1 is 1.16 bits per heavy atom. The second-order valence-corrected chi connectivity index (χ2v) is 5.01. The largest absolute Gasteiger partial charge is 0.480 e. The van der Waals surface area contributed by atoms with E-state index in [1.165, 1.54) is 5.56 Å². The number of nitrogens with zero attached hydrogens (tertiary/aromatic N) is 1. The number of unbranched alkanes of at least 4 members (excludes halogenated alkanes) is 1. The molecule has 0 amide bonds. The van der Waals surface area contributed by atoms with Crippen molar-refractivity contribution >= 4 is 18.4 Å². The van der Waals surface area contributed by atoms with Gasteiger partial charge in [0.05, 0.1) is 6.33 Å². The van der Waals surface area contributed by atoms with E-state index in [2.05, 4.69) is 22.1 Å². The predicted molar refractivity (Wildman–Crippen MR) is 104 cm³/mol. The van der Waals surface area contributed by atoms with Gasteiger partial charge in [-0.3, -0.25) is 4.79 Å². The first-order chi connectivity index (χ1) is 11.6. The van der Waals surface area contributed by atoms with Gasteiger partial charge in [-0.2, -0.15) is 0 Å². The number of carbonyl (C=O) groups is 1. The van der Waals surface area contributed by atoms with E-state index >= 15 is 0 Å². The van der Waals surface area contributed by atoms with Crippen molar-refractivity contribution in [2.24, 2.45) is 17.2 Å². The fourth-order valence-electron chi connectivity index (χ4n) is 1.66. The Morgan fingerprint density at radius 2 is 1.84 bits per heavy atom. The summed E-state index contributed by atoms with van der Waals surface area (Å²) in [6.07, 6.45) is 8.23. The highest BCUT2D eigenvalue weighted by Gasteiger charge is 2.09. The molecule has 0 spiro atoms. The molecule has 1 heterocycles. The topological polar surface area (TPSA) is 144 Å². The van der Waals surface area contributed by atoms with Crippen LogP contribution in [0.15, 0.2) is 49.1 Å². The number of hydrogen-bond acceptors (Lipinski definition) is 5. The highest BCUT2D eigenvalue weighted by atomic mass is 35.5. The Bertz CT molecular complexity index is 480. The lowest BCUT2D eigenvalue weighted by atomic mass is 10.1. The number of imidazole rings is 1. The minimum atomic E-state index is -0.933. The number of carboxylic acid groups (broad SMARTS) is 1. The van der Waals surface area contributed by atoms with Crippen molar-refractivity contribution in [3.05, 3.63) is 54.6 Å². The second-order valence-electron chi connectivity index (χ2n) is 5.01. The number of H-pyrrole nitrogens is 1. The number of nitrogens with one attached hydrogen (secondary N) is 1. The number of carboxylic acids is 1. The number of hydrogen-bond donors (Lipinski definition) is 5. The minimum Gasteiger partial charge on any atom is -0.480 e. The van der Waals surface area contributed by atoms with Gasteiger partial charge in [0.25, 0.3) is 0 Å². The maximum absolute atomic E-state index is 10.1. The zero-order valence-corrected chi connectivity index (χ0v) is 15.2. The lowest BCUT2D eigenvalue weighted by molar-refractivity contribution is -0.138. The van der Waals surface area contributed by atoms with Gasteiger partial charge >= 0.3 is 5.97 Å². The summed E-state index contributed by atoms with van der Waals surface area (Å²) in [6, 6.07) is 9.54. The highest BCUT2D eigenvalue weighted by molar-refractivity contribution is 5.85. The van der Waals surface area contributed by atoms with Crippen LogP contribution in [0.1, 0.15) is 24.8 Å². The Kier molecular flexibility index (Phi) is 18.6. The third-order valence-electron chi connectivity index (χ3n) is 2.97. The van der Waals surface area contributed by atoms with Crippen molar-refractivity contribution < 1.29 is 9.90 Å². The smallest absolute Gasteiger partial charge is 0.320 e. The van der Waals surface area contributed by atoms with E-state index in [9.17, 15) is 4.79 Å². The molecule has 0 radical (unpaired) electrons. The Morgan fingerprint density at radius 3 is 2.24 bits per heavy atom. The van der Waals surface area contributed by atoms with Gasteiger partial charge in [0.1, 0.15) is 6.04 Å². The zero-order valence-electron chi connectivity index (χ0n) is 14.4. The number of halogens is 1. The number of aliphatic carboxylic acids is 1. The van der Waals surface area contributed by atoms with E-state index in [1.54, 1.807) is 18.7 Å². The van der Waals surface area contributed by atoms with Gasteiger partial charge in [0, 0.05) is 12.4 Å². The molecule has 0 saturated heterocycles. The van der Waals surface area contributed by atoms with Crippen LogP contribution in [0.4, 0.5) is 0 Å². The van der Waals surface area contributed by atoms with Crippen LogP contribution in [0.5, 0.6) is 0 Å². The van der Waals surface area contributed by atoms with E-state index in [1.807, 2.05) is 18.2 Å². The first-order valence-corrected chi connectivity index (χ1v) is 7.97. The van der Waals surface area contributed by atoms with Crippen LogP contribution in [0.25, 0.3) is 0 Å². The summed E-state index contributed by atoms with van der Waals surface area (Å²) in [6.45, 7) is 1.34. The van der Waals surface area contributed by atoms with Gasteiger partial charge in [-0.15, -0.1) is 12.4 Å². The predicted octanol–water partition coefficient (Wildman–Crippen LogP) is 1.55. The molecule has 25 heavy (non-hydrogen) atoms. The van der Waals surface area contributed by atoms with Gasteiger partial charge in [0.15, 0.2) is 0 Å². The highest BCUT2D eigenvalue weighted by Crippen LogP contribution is 1.97. The van der Waals surface area contributed by atoms with Crippen LogP contribution in [0.3, 0.4) is 0 Å². The van der Waals surface area contributed by atoms with Gasteiger partial charge in [0.2, 0.25) is 0 Å². The molecule has 0 fully saturated rings. The van der Waals surface area contributed by atoms with Crippen LogP contribution in [0.2, 0.25) is 0 Å². The van der Waals surface area contributed by atoms with Crippen molar-refractivity contribution in [3.63, 3.8) is 0 Å². The number of aromatic amines is 1. The van der Waals surface area contributed by atoms with E-state index in [4.69, 9.17) is 22.3 Å². The van der Waals surface area contributed by atoms with Crippen molar-refractivity contribution in [2.75, 3.05) is 13.1 Å². The van der Waals surface area contributed by atoms with Crippen LogP contribution in [0, 0.1) is 0 Å². The van der Waals surface area contributed by atoms with E-state index in [0.717, 1.165) is 25.8 Å². The lowest BCUT2D eigenvalue weighted by Gasteiger charge is -2.03. The molecule has 2 aromatic rings. The molecular weight excluding hydrogens is 342 g/mol. The van der Waals surface area contributed by atoms with Gasteiger partial charge < -0.3 is 27.3 Å². The third kappa shape index (κ3) is 16.7. The molecule has 0 bridgehead atoms. The van der Waals surface area contributed by atoms with Gasteiger partial charge in [-0.05, 0) is 37.9 Å². The van der Waals surface area contributed by atoms with E-state index in [0.29, 0.717) is 13.0 Å². The molecule has 8 heteroatoms. The summed E-state index contributed by atoms with van der Waals surface area (Å²) in [5, 5.41) is 8.33. The van der Waals surface area contributed by atoms with Crippen molar-refractivity contribution in [2.45, 2.75) is 31.7 Å². The summed E-state index contributed by atoms with van der Waals surface area (Å²) in [4.78, 5) is 16.6. The summed E-state index contributed by atoms with van der Waals surface area (Å²) in [5.41, 5.74) is 17.1. The molecule has 0 aliphatic rings. The first kappa shape index (κ1) is 25.3. The van der Waals surface area contributed by atoms with Gasteiger partial charge in [-0.1, -0.05) is 36.8 Å². The second kappa shape index (κ2) is 18.4. The summed E-state index contributed by atoms with van der Waals surface area (Å²) in [5.74, 6) is -0.933. The lowest BCUT2D eigenvalue weighted by Crippen LogP contribution is -2.29. The molecule has 2 rings (SSSR count). The molecule has 1 atom stereocenters. The Hall–Kier alpha value is -1.93. The van der Waals surface area contributed by atoms with Crippen LogP contribution >= 0.6 is 12.4 Å². The molecular formula is C17H30ClN5O2. The first-order valence-electron chi connectivity index (χ1n) is 7.97. The molecule has 1 aromatic carbocycles. The van der Waals surface area contributed by atoms with Crippen molar-refractivity contribution in [1.29, 1.82) is 0 Å². The molecule has 0 unspecified atom stereocenters. The number of nitrogens with two attached hydrogens (primary N) is 3. The Balaban J connectivity index is 0.